The second-order valence-electron chi connectivity index (χ2n) is 3.61. The third kappa shape index (κ3) is 2.82. The molecule has 1 rings (SSSR count). The van der Waals surface area contributed by atoms with Crippen LogP contribution in [0.4, 0.5) is 11.4 Å². The first kappa shape index (κ1) is 13.6. The molecule has 0 aliphatic rings. The number of carbonyl (C=O) groups is 2. The smallest absolute Gasteiger partial charge is 0.344 e. The zero-order valence-corrected chi connectivity index (χ0v) is 10.1. The third-order valence-electron chi connectivity index (χ3n) is 2.26. The number of methoxy groups -OCH3 is 1. The van der Waals surface area contributed by atoms with Gasteiger partial charge in [-0.2, -0.15) is 0 Å². The van der Waals surface area contributed by atoms with Crippen LogP contribution in [-0.4, -0.2) is 23.9 Å². The average molecular weight is 252 g/mol. The van der Waals surface area contributed by atoms with E-state index in [2.05, 4.69) is 10.1 Å². The van der Waals surface area contributed by atoms with Gasteiger partial charge in [-0.1, -0.05) is 0 Å². The Hall–Kier alpha value is -2.44. The Bertz CT molecular complexity index is 524. The summed E-state index contributed by atoms with van der Waals surface area (Å²) < 4.78 is 4.47. The van der Waals surface area contributed by atoms with E-state index in [1.54, 1.807) is 6.92 Å². The van der Waals surface area contributed by atoms with Gasteiger partial charge in [0.1, 0.15) is 5.56 Å². The van der Waals surface area contributed by atoms with Gasteiger partial charge in [-0.05, 0) is 18.6 Å². The number of nitro benzene ring substituents is 1. The molecule has 0 radical (unpaired) electrons. The molecule has 0 saturated carbocycles. The van der Waals surface area contributed by atoms with Crippen LogP contribution in [0.1, 0.15) is 22.8 Å². The Morgan fingerprint density at radius 1 is 1.39 bits per heavy atom. The first-order chi connectivity index (χ1) is 8.36. The van der Waals surface area contributed by atoms with Crippen molar-refractivity contribution in [3.05, 3.63) is 33.4 Å². The van der Waals surface area contributed by atoms with E-state index in [0.29, 0.717) is 11.3 Å². The topological polar surface area (TPSA) is 98.5 Å². The summed E-state index contributed by atoms with van der Waals surface area (Å²) in [7, 11) is 1.14. The fourth-order valence-electron chi connectivity index (χ4n) is 1.45. The number of nitrogens with zero attached hydrogens (tertiary/aromatic N) is 1. The lowest BCUT2D eigenvalue weighted by Crippen LogP contribution is -2.11. The van der Waals surface area contributed by atoms with Crippen molar-refractivity contribution in [1.82, 2.24) is 0 Å². The van der Waals surface area contributed by atoms with E-state index in [1.165, 1.54) is 13.0 Å². The zero-order chi connectivity index (χ0) is 13.9. The van der Waals surface area contributed by atoms with Gasteiger partial charge in [-0.25, -0.2) is 4.79 Å². The Kier molecular flexibility index (Phi) is 3.98. The molecule has 0 spiro atoms. The van der Waals surface area contributed by atoms with Gasteiger partial charge in [-0.3, -0.25) is 14.9 Å². The highest BCUT2D eigenvalue weighted by Gasteiger charge is 2.23. The molecule has 1 amide bonds. The summed E-state index contributed by atoms with van der Waals surface area (Å²) in [5.74, 6) is -1.14. The predicted octanol–water partition coefficient (Wildman–Crippen LogP) is 1.65. The SMILES string of the molecule is COC(=O)c1cc(C)c(NC(C)=O)cc1[N+](=O)[O-]. The van der Waals surface area contributed by atoms with Gasteiger partial charge >= 0.3 is 5.97 Å². The number of hydrogen-bond donors (Lipinski definition) is 1. The number of aryl methyl sites for hydroxylation is 1. The highest BCUT2D eigenvalue weighted by atomic mass is 16.6. The molecule has 18 heavy (non-hydrogen) atoms. The van der Waals surface area contributed by atoms with Crippen molar-refractivity contribution >= 4 is 23.3 Å². The van der Waals surface area contributed by atoms with Gasteiger partial charge in [0.2, 0.25) is 5.91 Å². The molecule has 0 aromatic heterocycles. The van der Waals surface area contributed by atoms with Crippen molar-refractivity contribution in [2.24, 2.45) is 0 Å². The van der Waals surface area contributed by atoms with Crippen LogP contribution in [0, 0.1) is 17.0 Å². The van der Waals surface area contributed by atoms with E-state index >= 15 is 0 Å². The number of ether oxygens (including phenoxy) is 1. The molecule has 0 atom stereocenters. The number of carbonyl (C=O) groups excluding carboxylic acids is 2. The van der Waals surface area contributed by atoms with E-state index in [-0.39, 0.29) is 11.5 Å². The molecule has 0 fully saturated rings. The molecule has 0 saturated heterocycles. The fourth-order valence-corrected chi connectivity index (χ4v) is 1.45. The van der Waals surface area contributed by atoms with Crippen molar-refractivity contribution in [2.45, 2.75) is 13.8 Å². The monoisotopic (exact) mass is 252 g/mol. The molecule has 7 nitrogen and oxygen atoms in total. The van der Waals surface area contributed by atoms with Crippen LogP contribution in [-0.2, 0) is 9.53 Å². The molecule has 1 aromatic carbocycles. The quantitative estimate of drug-likeness (QED) is 0.501. The number of rotatable bonds is 3. The summed E-state index contributed by atoms with van der Waals surface area (Å²) in [6, 6.07) is 2.46. The van der Waals surface area contributed by atoms with E-state index in [4.69, 9.17) is 0 Å². The Labute approximate surface area is 103 Å². The average Bonchev–Trinajstić information content (AvgIpc) is 2.29. The third-order valence-corrected chi connectivity index (χ3v) is 2.26. The maximum absolute atomic E-state index is 11.4. The van der Waals surface area contributed by atoms with Crippen LogP contribution in [0.3, 0.4) is 0 Å². The van der Waals surface area contributed by atoms with E-state index < -0.39 is 16.6 Å². The molecule has 0 heterocycles. The summed E-state index contributed by atoms with van der Waals surface area (Å²) >= 11 is 0. The predicted molar refractivity (Wildman–Crippen MR) is 63.5 cm³/mol. The normalized spacial score (nSPS) is 9.72. The molecule has 96 valence electrons. The summed E-state index contributed by atoms with van der Waals surface area (Å²) in [5.41, 5.74) is 0.281. The minimum atomic E-state index is -0.792. The highest BCUT2D eigenvalue weighted by molar-refractivity contribution is 5.97. The van der Waals surface area contributed by atoms with Crippen molar-refractivity contribution < 1.29 is 19.2 Å². The number of nitrogens with one attached hydrogen (secondary N) is 1. The van der Waals surface area contributed by atoms with Crippen molar-refractivity contribution in [1.29, 1.82) is 0 Å². The molecular weight excluding hydrogens is 240 g/mol. The van der Waals surface area contributed by atoms with Gasteiger partial charge in [-0.15, -0.1) is 0 Å². The zero-order valence-electron chi connectivity index (χ0n) is 10.1. The van der Waals surface area contributed by atoms with Crippen molar-refractivity contribution in [3.63, 3.8) is 0 Å². The first-order valence-electron chi connectivity index (χ1n) is 5.01. The Morgan fingerprint density at radius 2 is 2.00 bits per heavy atom. The first-order valence-corrected chi connectivity index (χ1v) is 5.01. The van der Waals surface area contributed by atoms with Crippen LogP contribution in [0.2, 0.25) is 0 Å². The van der Waals surface area contributed by atoms with Gasteiger partial charge < -0.3 is 10.1 Å². The standard InChI is InChI=1S/C11H12N2O5/c1-6-4-8(11(15)18-3)10(13(16)17)5-9(6)12-7(2)14/h4-5H,1-3H3,(H,12,14). The number of hydrogen-bond acceptors (Lipinski definition) is 5. The molecule has 7 heteroatoms. The van der Waals surface area contributed by atoms with E-state index in [0.717, 1.165) is 13.2 Å². The second-order valence-corrected chi connectivity index (χ2v) is 3.61. The molecule has 0 bridgehead atoms. The molecule has 0 aliphatic heterocycles. The minimum absolute atomic E-state index is 0.144. The van der Waals surface area contributed by atoms with Gasteiger partial charge in [0.15, 0.2) is 0 Å². The lowest BCUT2D eigenvalue weighted by atomic mass is 10.1. The van der Waals surface area contributed by atoms with Crippen molar-refractivity contribution in [3.8, 4) is 0 Å². The molecule has 1 aromatic rings. The maximum Gasteiger partial charge on any atom is 0.344 e. The summed E-state index contributed by atoms with van der Waals surface area (Å²) in [6.45, 7) is 2.92. The number of amides is 1. The van der Waals surface area contributed by atoms with Crippen LogP contribution in [0.25, 0.3) is 0 Å². The van der Waals surface area contributed by atoms with Crippen molar-refractivity contribution in [2.75, 3.05) is 12.4 Å². The second kappa shape index (κ2) is 5.26. The van der Waals surface area contributed by atoms with Gasteiger partial charge in [0, 0.05) is 13.0 Å². The number of esters is 1. The molecule has 0 aliphatic carbocycles. The van der Waals surface area contributed by atoms with Crippen LogP contribution >= 0.6 is 0 Å². The largest absolute Gasteiger partial charge is 0.465 e. The minimum Gasteiger partial charge on any atom is -0.465 e. The number of anilines is 1. The van der Waals surface area contributed by atoms with Crippen LogP contribution in [0.15, 0.2) is 12.1 Å². The van der Waals surface area contributed by atoms with Crippen LogP contribution < -0.4 is 5.32 Å². The Balaban J connectivity index is 3.38. The molecule has 0 unspecified atom stereocenters. The summed E-state index contributed by atoms with van der Waals surface area (Å²) in [5, 5.41) is 13.3. The number of benzene rings is 1. The number of nitro groups is 1. The van der Waals surface area contributed by atoms with Crippen LogP contribution in [0.5, 0.6) is 0 Å². The highest BCUT2D eigenvalue weighted by Crippen LogP contribution is 2.27. The Morgan fingerprint density at radius 3 is 2.44 bits per heavy atom. The fraction of sp³-hybridized carbons (Fsp3) is 0.273. The van der Waals surface area contributed by atoms with Gasteiger partial charge in [0.25, 0.3) is 5.69 Å². The molecule has 1 N–H and O–H groups in total. The lowest BCUT2D eigenvalue weighted by molar-refractivity contribution is -0.385. The maximum atomic E-state index is 11.4. The molecular formula is C11H12N2O5. The van der Waals surface area contributed by atoms with E-state index in [9.17, 15) is 19.7 Å². The van der Waals surface area contributed by atoms with Gasteiger partial charge in [0.05, 0.1) is 17.7 Å². The summed E-state index contributed by atoms with van der Waals surface area (Å²) in [6.07, 6.45) is 0. The van der Waals surface area contributed by atoms with E-state index in [1.807, 2.05) is 0 Å². The summed E-state index contributed by atoms with van der Waals surface area (Å²) in [4.78, 5) is 32.5. The lowest BCUT2D eigenvalue weighted by Gasteiger charge is -2.08.